The molecule has 2 aliphatic heterocycles. The second-order valence-electron chi connectivity index (χ2n) is 7.20. The molecular formula is C18H27N5O4S. The molecule has 3 amide bonds. The zero-order chi connectivity index (χ0) is 20.1. The Balaban J connectivity index is 1.41. The van der Waals surface area contributed by atoms with Crippen LogP contribution >= 0.6 is 12.2 Å². The van der Waals surface area contributed by atoms with Crippen molar-refractivity contribution in [2.45, 2.75) is 25.8 Å². The summed E-state index contributed by atoms with van der Waals surface area (Å²) in [5, 5.41) is 3.30. The molecule has 3 aliphatic rings. The van der Waals surface area contributed by atoms with E-state index in [9.17, 15) is 14.4 Å². The van der Waals surface area contributed by atoms with Gasteiger partial charge in [-0.1, -0.05) is 12.2 Å². The molecule has 9 nitrogen and oxygen atoms in total. The van der Waals surface area contributed by atoms with Gasteiger partial charge < -0.3 is 10.1 Å². The van der Waals surface area contributed by atoms with Gasteiger partial charge in [0.15, 0.2) is 5.11 Å². The Bertz CT molecular complexity index is 638. The zero-order valence-electron chi connectivity index (χ0n) is 16.0. The number of fused-ring (bicyclic) bond motifs is 1. The molecule has 0 aromatic carbocycles. The average Bonchev–Trinajstić information content (AvgIpc) is 2.97. The molecule has 0 bridgehead atoms. The molecule has 0 saturated carbocycles. The second kappa shape index (κ2) is 9.44. The van der Waals surface area contributed by atoms with Crippen LogP contribution < -0.4 is 16.2 Å². The topological polar surface area (TPSA) is 103 Å². The van der Waals surface area contributed by atoms with Crippen molar-refractivity contribution in [1.29, 1.82) is 0 Å². The van der Waals surface area contributed by atoms with Crippen LogP contribution in [0.5, 0.6) is 0 Å². The summed E-state index contributed by atoms with van der Waals surface area (Å²) >= 11 is 5.15. The van der Waals surface area contributed by atoms with Crippen LogP contribution in [0.25, 0.3) is 0 Å². The molecular weight excluding hydrogens is 382 g/mol. The van der Waals surface area contributed by atoms with E-state index in [1.165, 1.54) is 0 Å². The van der Waals surface area contributed by atoms with E-state index >= 15 is 0 Å². The number of nitrogens with one attached hydrogen (secondary N) is 3. The summed E-state index contributed by atoms with van der Waals surface area (Å²) in [6.45, 7) is 6.27. The first-order chi connectivity index (χ1) is 13.5. The van der Waals surface area contributed by atoms with Gasteiger partial charge in [0.1, 0.15) is 6.04 Å². The Morgan fingerprint density at radius 3 is 2.39 bits per heavy atom. The van der Waals surface area contributed by atoms with Gasteiger partial charge >= 0.3 is 0 Å². The fraction of sp³-hybridized carbons (Fsp3) is 0.667. The summed E-state index contributed by atoms with van der Waals surface area (Å²) in [6, 6.07) is -0.894. The predicted octanol–water partition coefficient (Wildman–Crippen LogP) is -0.846. The van der Waals surface area contributed by atoms with Crippen LogP contribution in [-0.4, -0.2) is 78.1 Å². The number of hydrazine groups is 1. The minimum atomic E-state index is -0.894. The standard InChI is InChI=1S/C18H27N5O4S/c1-12(23-16(25)13-4-2-3-5-14(13)17(23)26)15(24)20-21-18(28)19-6-7-22-8-10-27-11-9-22/h2-3,12-14H,4-11H2,1H3,(H,20,24)(H2,19,21,28)/t12-,13+,14+/m1/s1. The highest BCUT2D eigenvalue weighted by molar-refractivity contribution is 7.80. The Hall–Kier alpha value is -2.04. The highest BCUT2D eigenvalue weighted by Gasteiger charge is 2.50. The van der Waals surface area contributed by atoms with E-state index in [-0.39, 0.29) is 28.8 Å². The first-order valence-electron chi connectivity index (χ1n) is 9.64. The van der Waals surface area contributed by atoms with Crippen molar-refractivity contribution in [3.63, 3.8) is 0 Å². The minimum Gasteiger partial charge on any atom is -0.379 e. The number of morpholine rings is 1. The van der Waals surface area contributed by atoms with Crippen molar-refractivity contribution in [2.24, 2.45) is 11.8 Å². The van der Waals surface area contributed by atoms with Gasteiger partial charge in [0.25, 0.3) is 5.91 Å². The maximum atomic E-state index is 12.5. The van der Waals surface area contributed by atoms with Crippen molar-refractivity contribution < 1.29 is 19.1 Å². The van der Waals surface area contributed by atoms with E-state index in [1.54, 1.807) is 6.92 Å². The molecule has 2 heterocycles. The SMILES string of the molecule is C[C@H](C(=O)NNC(=S)NCCN1CCOCC1)N1C(=O)[C@H]2CC=CC[C@@H]2C1=O. The third kappa shape index (κ3) is 4.68. The summed E-state index contributed by atoms with van der Waals surface area (Å²) in [5.74, 6) is -1.71. The summed E-state index contributed by atoms with van der Waals surface area (Å²) in [7, 11) is 0. The second-order valence-corrected chi connectivity index (χ2v) is 7.61. The molecule has 28 heavy (non-hydrogen) atoms. The molecule has 3 rings (SSSR count). The quantitative estimate of drug-likeness (QED) is 0.234. The molecule has 0 spiro atoms. The fourth-order valence-corrected chi connectivity index (χ4v) is 3.90. The lowest BCUT2D eigenvalue weighted by Gasteiger charge is -2.26. The number of amides is 3. The molecule has 0 radical (unpaired) electrons. The highest BCUT2D eigenvalue weighted by Crippen LogP contribution is 2.35. The summed E-state index contributed by atoms with van der Waals surface area (Å²) < 4.78 is 5.30. The van der Waals surface area contributed by atoms with Gasteiger partial charge in [-0.2, -0.15) is 0 Å². The van der Waals surface area contributed by atoms with Crippen LogP contribution in [0.1, 0.15) is 19.8 Å². The van der Waals surface area contributed by atoms with E-state index in [4.69, 9.17) is 17.0 Å². The number of hydrogen-bond donors (Lipinski definition) is 3. The van der Waals surface area contributed by atoms with Gasteiger partial charge in [-0.15, -0.1) is 0 Å². The van der Waals surface area contributed by atoms with Gasteiger partial charge in [-0.05, 0) is 32.0 Å². The van der Waals surface area contributed by atoms with E-state index in [0.29, 0.717) is 19.4 Å². The molecule has 2 saturated heterocycles. The fourth-order valence-electron chi connectivity index (χ4n) is 3.74. The number of allylic oxidation sites excluding steroid dienone is 2. The summed E-state index contributed by atoms with van der Waals surface area (Å²) in [6.07, 6.45) is 4.94. The number of nitrogens with zero attached hydrogens (tertiary/aromatic N) is 2. The number of likely N-dealkylation sites (tertiary alicyclic amines) is 1. The Morgan fingerprint density at radius 2 is 1.79 bits per heavy atom. The maximum absolute atomic E-state index is 12.5. The minimum absolute atomic E-state index is 0.270. The van der Waals surface area contributed by atoms with Gasteiger partial charge in [0.2, 0.25) is 11.8 Å². The molecule has 1 aliphatic carbocycles. The Kier molecular flexibility index (Phi) is 6.97. The van der Waals surface area contributed by atoms with Crippen molar-refractivity contribution in [2.75, 3.05) is 39.4 Å². The third-order valence-corrected chi connectivity index (χ3v) is 5.67. The van der Waals surface area contributed by atoms with Crippen LogP contribution in [-0.2, 0) is 19.1 Å². The van der Waals surface area contributed by atoms with Crippen LogP contribution in [0.3, 0.4) is 0 Å². The van der Waals surface area contributed by atoms with E-state index in [0.717, 1.165) is 37.7 Å². The molecule has 2 fully saturated rings. The largest absolute Gasteiger partial charge is 0.379 e. The molecule has 10 heteroatoms. The summed E-state index contributed by atoms with van der Waals surface area (Å²) in [5.41, 5.74) is 5.11. The van der Waals surface area contributed by atoms with Crippen LogP contribution in [0.4, 0.5) is 0 Å². The predicted molar refractivity (Wildman–Crippen MR) is 106 cm³/mol. The van der Waals surface area contributed by atoms with Crippen LogP contribution in [0.2, 0.25) is 0 Å². The number of carbonyl (C=O) groups excluding carboxylic acids is 3. The van der Waals surface area contributed by atoms with Crippen molar-refractivity contribution in [3.8, 4) is 0 Å². The average molecular weight is 410 g/mol. The Morgan fingerprint density at radius 1 is 1.18 bits per heavy atom. The van der Waals surface area contributed by atoms with Crippen molar-refractivity contribution >= 4 is 35.1 Å². The number of rotatable bonds is 5. The molecule has 3 N–H and O–H groups in total. The normalized spacial score (nSPS) is 26.0. The van der Waals surface area contributed by atoms with Gasteiger partial charge in [0.05, 0.1) is 25.0 Å². The van der Waals surface area contributed by atoms with Gasteiger partial charge in [-0.25, -0.2) is 0 Å². The molecule has 3 atom stereocenters. The third-order valence-electron chi connectivity index (χ3n) is 5.42. The molecule has 0 unspecified atom stereocenters. The lowest BCUT2D eigenvalue weighted by molar-refractivity contribution is -0.147. The Labute approximate surface area is 169 Å². The van der Waals surface area contributed by atoms with Gasteiger partial charge in [0, 0.05) is 26.2 Å². The molecule has 154 valence electrons. The zero-order valence-corrected chi connectivity index (χ0v) is 16.8. The molecule has 0 aromatic heterocycles. The highest BCUT2D eigenvalue weighted by atomic mass is 32.1. The number of imide groups is 1. The van der Waals surface area contributed by atoms with Crippen LogP contribution in [0.15, 0.2) is 12.2 Å². The maximum Gasteiger partial charge on any atom is 0.261 e. The first-order valence-corrected chi connectivity index (χ1v) is 10.1. The van der Waals surface area contributed by atoms with Crippen molar-refractivity contribution in [3.05, 3.63) is 12.2 Å². The number of carbonyl (C=O) groups is 3. The summed E-state index contributed by atoms with van der Waals surface area (Å²) in [4.78, 5) is 40.9. The molecule has 0 aromatic rings. The first kappa shape index (κ1) is 20.7. The lowest BCUT2D eigenvalue weighted by Crippen LogP contribution is -2.55. The lowest BCUT2D eigenvalue weighted by atomic mass is 9.85. The smallest absolute Gasteiger partial charge is 0.261 e. The van der Waals surface area contributed by atoms with E-state index < -0.39 is 11.9 Å². The van der Waals surface area contributed by atoms with Crippen molar-refractivity contribution in [1.82, 2.24) is 26.0 Å². The van der Waals surface area contributed by atoms with Gasteiger partial charge in [-0.3, -0.25) is 35.0 Å². The monoisotopic (exact) mass is 409 g/mol. The number of thiocarbonyl (C=S) groups is 1. The number of ether oxygens (including phenoxy) is 1. The number of hydrogen-bond acceptors (Lipinski definition) is 6. The van der Waals surface area contributed by atoms with Crippen LogP contribution in [0, 0.1) is 11.8 Å². The van der Waals surface area contributed by atoms with E-state index in [1.807, 2.05) is 12.2 Å². The van der Waals surface area contributed by atoms with E-state index in [2.05, 4.69) is 21.1 Å².